The van der Waals surface area contributed by atoms with Crippen molar-refractivity contribution in [1.82, 2.24) is 4.90 Å². The van der Waals surface area contributed by atoms with Crippen LogP contribution in [-0.2, 0) is 6.54 Å². The van der Waals surface area contributed by atoms with Crippen molar-refractivity contribution in [3.05, 3.63) is 63.4 Å². The van der Waals surface area contributed by atoms with E-state index in [0.29, 0.717) is 34.0 Å². The molecule has 0 bridgehead atoms. The molecule has 1 aliphatic heterocycles. The molecule has 0 aliphatic carbocycles. The molecule has 5 heteroatoms. The van der Waals surface area contributed by atoms with Crippen LogP contribution in [0.2, 0.25) is 5.02 Å². The Bertz CT molecular complexity index is 914. The number of allylic oxidation sites excluding steroid dienone is 1. The monoisotopic (exact) mass is 399 g/mol. The molecule has 4 nitrogen and oxygen atoms in total. The second kappa shape index (κ2) is 8.80. The van der Waals surface area contributed by atoms with Gasteiger partial charge in [-0.3, -0.25) is 9.69 Å². The van der Waals surface area contributed by atoms with Crippen molar-refractivity contribution in [2.24, 2.45) is 0 Å². The van der Waals surface area contributed by atoms with Crippen molar-refractivity contribution < 1.29 is 14.6 Å². The summed E-state index contributed by atoms with van der Waals surface area (Å²) in [5, 5.41) is 11.2. The zero-order valence-corrected chi connectivity index (χ0v) is 17.3. The lowest BCUT2D eigenvalue weighted by molar-refractivity contribution is 0.101. The van der Waals surface area contributed by atoms with Gasteiger partial charge in [0.15, 0.2) is 5.76 Å². The van der Waals surface area contributed by atoms with E-state index in [0.717, 1.165) is 31.5 Å². The van der Waals surface area contributed by atoms with Crippen molar-refractivity contribution in [3.63, 3.8) is 0 Å². The number of phenolic OH excluding ortho intramolecular Hbond substituents is 1. The molecule has 1 aliphatic rings. The van der Waals surface area contributed by atoms with Crippen LogP contribution in [0.15, 0.2) is 36.1 Å². The summed E-state index contributed by atoms with van der Waals surface area (Å²) in [7, 11) is 0. The van der Waals surface area contributed by atoms with Crippen LogP contribution >= 0.6 is 11.6 Å². The van der Waals surface area contributed by atoms with Crippen LogP contribution in [0.3, 0.4) is 0 Å². The van der Waals surface area contributed by atoms with Crippen LogP contribution in [-0.4, -0.2) is 28.9 Å². The zero-order valence-electron chi connectivity index (χ0n) is 16.6. The number of phenols is 1. The Morgan fingerprint density at radius 2 is 1.89 bits per heavy atom. The number of carbonyl (C=O) groups is 1. The molecule has 0 atom stereocenters. The predicted octanol–water partition coefficient (Wildman–Crippen LogP) is 5.59. The van der Waals surface area contributed by atoms with Gasteiger partial charge < -0.3 is 9.84 Å². The molecule has 148 valence electrons. The van der Waals surface area contributed by atoms with E-state index in [1.54, 1.807) is 24.3 Å². The standard InChI is InChI=1S/C23H26ClNO3/c1-4-9-25(10-5-2)14-18-19(26)11-15(3)21-22(27)20(28-23(18)21)13-16-7-6-8-17(24)12-16/h6-8,11-13,26H,4-5,9-10,14H2,1-3H3/b20-13+. The number of carbonyl (C=O) groups excluding carboxylic acids is 1. The predicted molar refractivity (Wildman–Crippen MR) is 113 cm³/mol. The summed E-state index contributed by atoms with van der Waals surface area (Å²) in [6, 6.07) is 8.93. The number of fused-ring (bicyclic) bond motifs is 1. The molecule has 0 radical (unpaired) electrons. The molecular weight excluding hydrogens is 374 g/mol. The van der Waals surface area contributed by atoms with Gasteiger partial charge in [0.05, 0.1) is 11.1 Å². The number of nitrogens with zero attached hydrogens (tertiary/aromatic N) is 1. The van der Waals surface area contributed by atoms with Crippen LogP contribution < -0.4 is 4.74 Å². The highest BCUT2D eigenvalue weighted by Crippen LogP contribution is 2.42. The van der Waals surface area contributed by atoms with Crippen LogP contribution in [0.1, 0.15) is 53.7 Å². The molecule has 2 aromatic rings. The largest absolute Gasteiger partial charge is 0.507 e. The minimum Gasteiger partial charge on any atom is -0.507 e. The van der Waals surface area contributed by atoms with Crippen molar-refractivity contribution in [1.29, 1.82) is 0 Å². The van der Waals surface area contributed by atoms with Gasteiger partial charge in [0, 0.05) is 11.6 Å². The van der Waals surface area contributed by atoms with E-state index in [9.17, 15) is 9.90 Å². The van der Waals surface area contributed by atoms with Gasteiger partial charge in [-0.2, -0.15) is 0 Å². The molecule has 0 fully saturated rings. The number of benzene rings is 2. The Balaban J connectivity index is 2.00. The van der Waals surface area contributed by atoms with E-state index in [1.807, 2.05) is 19.1 Å². The zero-order chi connectivity index (χ0) is 20.3. The molecule has 0 aromatic heterocycles. The van der Waals surface area contributed by atoms with Gasteiger partial charge in [-0.1, -0.05) is 37.6 Å². The number of hydrogen-bond acceptors (Lipinski definition) is 4. The summed E-state index contributed by atoms with van der Waals surface area (Å²) >= 11 is 6.05. The van der Waals surface area contributed by atoms with E-state index in [4.69, 9.17) is 16.3 Å². The van der Waals surface area contributed by atoms with Crippen LogP contribution in [0, 0.1) is 6.92 Å². The van der Waals surface area contributed by atoms with Gasteiger partial charge in [-0.25, -0.2) is 0 Å². The summed E-state index contributed by atoms with van der Waals surface area (Å²) in [5.41, 5.74) is 2.72. The maximum atomic E-state index is 13.0. The maximum Gasteiger partial charge on any atom is 0.232 e. The molecule has 0 amide bonds. The topological polar surface area (TPSA) is 49.8 Å². The number of hydrogen-bond donors (Lipinski definition) is 1. The quantitative estimate of drug-likeness (QED) is 0.616. The number of aromatic hydroxyl groups is 1. The molecule has 28 heavy (non-hydrogen) atoms. The van der Waals surface area contributed by atoms with E-state index >= 15 is 0 Å². The van der Waals surface area contributed by atoms with Gasteiger partial charge >= 0.3 is 0 Å². The summed E-state index contributed by atoms with van der Waals surface area (Å²) < 4.78 is 5.99. The number of ether oxygens (including phenoxy) is 1. The second-order valence-corrected chi connectivity index (χ2v) is 7.60. The molecule has 0 saturated heterocycles. The number of ketones is 1. The first-order valence-corrected chi connectivity index (χ1v) is 10.1. The van der Waals surface area contributed by atoms with E-state index < -0.39 is 0 Å². The maximum absolute atomic E-state index is 13.0. The SMILES string of the molecule is CCCN(CCC)Cc1c(O)cc(C)c2c1O/C(=C/c1cccc(Cl)c1)C2=O. The van der Waals surface area contributed by atoms with Gasteiger partial charge in [0.2, 0.25) is 5.78 Å². The Hall–Kier alpha value is -2.30. The molecule has 3 rings (SSSR count). The average Bonchev–Trinajstić information content (AvgIpc) is 2.95. The molecule has 0 unspecified atom stereocenters. The lowest BCUT2D eigenvalue weighted by Gasteiger charge is -2.22. The van der Waals surface area contributed by atoms with Crippen molar-refractivity contribution in [3.8, 4) is 11.5 Å². The number of aryl methyl sites for hydroxylation is 1. The first-order chi connectivity index (χ1) is 13.4. The summed E-state index contributed by atoms with van der Waals surface area (Å²) in [6.07, 6.45) is 3.74. The van der Waals surface area contributed by atoms with Crippen LogP contribution in [0.25, 0.3) is 6.08 Å². The smallest absolute Gasteiger partial charge is 0.232 e. The number of Topliss-reactive ketones (excluding diaryl/α,β-unsaturated/α-hetero) is 1. The summed E-state index contributed by atoms with van der Waals surface area (Å²) in [4.78, 5) is 15.3. The first kappa shape index (κ1) is 20.4. The summed E-state index contributed by atoms with van der Waals surface area (Å²) in [5.74, 6) is 0.745. The summed E-state index contributed by atoms with van der Waals surface area (Å²) in [6.45, 7) is 8.49. The van der Waals surface area contributed by atoms with Gasteiger partial charge in [-0.15, -0.1) is 0 Å². The molecular formula is C23H26ClNO3. The Kier molecular flexibility index (Phi) is 6.42. The highest BCUT2D eigenvalue weighted by Gasteiger charge is 2.33. The second-order valence-electron chi connectivity index (χ2n) is 7.17. The lowest BCUT2D eigenvalue weighted by atomic mass is 9.99. The first-order valence-electron chi connectivity index (χ1n) is 9.72. The Morgan fingerprint density at radius 3 is 2.54 bits per heavy atom. The van der Waals surface area contributed by atoms with Gasteiger partial charge in [-0.05, 0) is 68.3 Å². The highest BCUT2D eigenvalue weighted by atomic mass is 35.5. The Labute approximate surface area is 171 Å². The highest BCUT2D eigenvalue weighted by molar-refractivity contribution is 6.30. The number of rotatable bonds is 7. The van der Waals surface area contributed by atoms with Crippen LogP contribution in [0.5, 0.6) is 11.5 Å². The molecule has 0 spiro atoms. The fourth-order valence-corrected chi connectivity index (χ4v) is 3.81. The van der Waals surface area contributed by atoms with Crippen molar-refractivity contribution in [2.45, 2.75) is 40.2 Å². The van der Waals surface area contributed by atoms with Gasteiger partial charge in [0.1, 0.15) is 11.5 Å². The third-order valence-electron chi connectivity index (χ3n) is 4.83. The third kappa shape index (κ3) is 4.23. The Morgan fingerprint density at radius 1 is 1.18 bits per heavy atom. The average molecular weight is 400 g/mol. The molecule has 1 heterocycles. The van der Waals surface area contributed by atoms with E-state index in [-0.39, 0.29) is 17.3 Å². The minimum absolute atomic E-state index is 0.161. The molecule has 1 N–H and O–H groups in total. The van der Waals surface area contributed by atoms with Crippen molar-refractivity contribution in [2.75, 3.05) is 13.1 Å². The van der Waals surface area contributed by atoms with Crippen molar-refractivity contribution >= 4 is 23.5 Å². The molecule has 0 saturated carbocycles. The van der Waals surface area contributed by atoms with E-state index in [2.05, 4.69) is 18.7 Å². The minimum atomic E-state index is -0.161. The normalized spacial score (nSPS) is 14.6. The van der Waals surface area contributed by atoms with Crippen LogP contribution in [0.4, 0.5) is 0 Å². The third-order valence-corrected chi connectivity index (χ3v) is 5.06. The van der Waals surface area contributed by atoms with Gasteiger partial charge in [0.25, 0.3) is 0 Å². The fraction of sp³-hybridized carbons (Fsp3) is 0.348. The van der Waals surface area contributed by atoms with E-state index in [1.165, 1.54) is 0 Å². The lowest BCUT2D eigenvalue weighted by Crippen LogP contribution is -2.25. The fourth-order valence-electron chi connectivity index (χ4n) is 3.61. The number of halogens is 1. The molecule has 2 aromatic carbocycles.